The van der Waals surface area contributed by atoms with Crippen molar-refractivity contribution in [1.29, 1.82) is 0 Å². The van der Waals surface area contributed by atoms with Crippen molar-refractivity contribution in [3.63, 3.8) is 0 Å². The molecule has 0 aromatic carbocycles. The standard InChI is InChI=1S/C15H26N2O4.ClH/c1-4-6-17(9-11(18)16-8-12(19)20)13-10-5-7-21-14(10)15(13,2)3;/h10,13-14H,4-9H2,1-3H3,(H,16,18)(H,19,20);1H. The third-order valence-corrected chi connectivity index (χ3v) is 4.73. The van der Waals surface area contributed by atoms with Crippen LogP contribution in [-0.4, -0.2) is 60.3 Å². The van der Waals surface area contributed by atoms with Gasteiger partial charge in [0.2, 0.25) is 5.91 Å². The van der Waals surface area contributed by atoms with Crippen LogP contribution in [0.25, 0.3) is 0 Å². The summed E-state index contributed by atoms with van der Waals surface area (Å²) < 4.78 is 5.80. The number of nitrogens with zero attached hydrogens (tertiary/aromatic N) is 1. The topological polar surface area (TPSA) is 78.9 Å². The Hall–Kier alpha value is -0.850. The highest BCUT2D eigenvalue weighted by molar-refractivity contribution is 5.85. The fourth-order valence-electron chi connectivity index (χ4n) is 4.06. The first-order valence-electron chi connectivity index (χ1n) is 7.72. The van der Waals surface area contributed by atoms with E-state index in [0.717, 1.165) is 26.0 Å². The maximum atomic E-state index is 11.9. The fraction of sp³-hybridized carbons (Fsp3) is 0.867. The molecular weight excluding hydrogens is 308 g/mol. The molecule has 2 aliphatic rings. The average Bonchev–Trinajstić information content (AvgIpc) is 2.82. The molecule has 0 aromatic heterocycles. The van der Waals surface area contributed by atoms with Crippen LogP contribution in [0.5, 0.6) is 0 Å². The molecule has 1 aliphatic carbocycles. The van der Waals surface area contributed by atoms with Gasteiger partial charge >= 0.3 is 5.97 Å². The molecule has 1 saturated carbocycles. The normalized spacial score (nSPS) is 28.5. The Bertz CT molecular complexity index is 416. The van der Waals surface area contributed by atoms with Crippen LogP contribution in [0.15, 0.2) is 0 Å². The second-order valence-corrected chi connectivity index (χ2v) is 6.65. The zero-order valence-electron chi connectivity index (χ0n) is 13.5. The van der Waals surface area contributed by atoms with Crippen molar-refractivity contribution in [2.45, 2.75) is 45.8 Å². The Balaban J connectivity index is 0.00000242. The SMILES string of the molecule is CCCN(CC(=O)NCC(=O)O)C1C2CCOC2C1(C)C.Cl. The van der Waals surface area contributed by atoms with Crippen LogP contribution in [-0.2, 0) is 14.3 Å². The molecule has 128 valence electrons. The van der Waals surface area contributed by atoms with Crippen LogP contribution in [0.2, 0.25) is 0 Å². The molecular formula is C15H27ClN2O4. The first-order valence-corrected chi connectivity index (χ1v) is 7.72. The highest BCUT2D eigenvalue weighted by Crippen LogP contribution is 2.54. The smallest absolute Gasteiger partial charge is 0.322 e. The maximum absolute atomic E-state index is 11.9. The summed E-state index contributed by atoms with van der Waals surface area (Å²) in [6, 6.07) is 0.334. The molecule has 6 nitrogen and oxygen atoms in total. The lowest BCUT2D eigenvalue weighted by Gasteiger charge is -2.58. The van der Waals surface area contributed by atoms with Gasteiger partial charge in [-0.3, -0.25) is 14.5 Å². The summed E-state index contributed by atoms with van der Waals surface area (Å²) in [5.41, 5.74) is 0.0451. The number of aliphatic carboxylic acids is 1. The van der Waals surface area contributed by atoms with Crippen molar-refractivity contribution in [2.75, 3.05) is 26.2 Å². The van der Waals surface area contributed by atoms with E-state index in [1.54, 1.807) is 0 Å². The van der Waals surface area contributed by atoms with Crippen molar-refractivity contribution < 1.29 is 19.4 Å². The van der Waals surface area contributed by atoms with E-state index in [1.165, 1.54) is 0 Å². The van der Waals surface area contributed by atoms with Crippen molar-refractivity contribution in [1.82, 2.24) is 10.2 Å². The molecule has 7 heteroatoms. The van der Waals surface area contributed by atoms with Crippen LogP contribution in [0.3, 0.4) is 0 Å². The molecule has 1 saturated heterocycles. The predicted octanol–water partition coefficient (Wildman–Crippen LogP) is 1.13. The number of fused-ring (bicyclic) bond motifs is 1. The third-order valence-electron chi connectivity index (χ3n) is 4.73. The minimum atomic E-state index is -1.02. The number of hydrogen-bond acceptors (Lipinski definition) is 4. The number of rotatable bonds is 7. The summed E-state index contributed by atoms with van der Waals surface area (Å²) in [6.45, 7) is 8.08. The van der Waals surface area contributed by atoms with Gasteiger partial charge < -0.3 is 15.2 Å². The van der Waals surface area contributed by atoms with E-state index in [9.17, 15) is 9.59 Å². The molecule has 0 radical (unpaired) electrons. The number of carboxylic acid groups (broad SMARTS) is 1. The highest BCUT2D eigenvalue weighted by atomic mass is 35.5. The minimum Gasteiger partial charge on any atom is -0.480 e. The minimum absolute atomic E-state index is 0. The molecule has 2 rings (SSSR count). The molecule has 1 aliphatic heterocycles. The predicted molar refractivity (Wildman–Crippen MR) is 85.2 cm³/mol. The Labute approximate surface area is 138 Å². The highest BCUT2D eigenvalue weighted by Gasteiger charge is 2.61. The Kier molecular flexibility index (Phi) is 6.65. The quantitative estimate of drug-likeness (QED) is 0.730. The van der Waals surface area contributed by atoms with Crippen LogP contribution < -0.4 is 5.32 Å². The molecule has 2 fully saturated rings. The molecule has 3 unspecified atom stereocenters. The van der Waals surface area contributed by atoms with Crippen molar-refractivity contribution in [2.24, 2.45) is 11.3 Å². The summed E-state index contributed by atoms with van der Waals surface area (Å²) in [7, 11) is 0. The zero-order valence-corrected chi connectivity index (χ0v) is 14.3. The fourth-order valence-corrected chi connectivity index (χ4v) is 4.06. The third kappa shape index (κ3) is 3.73. The van der Waals surface area contributed by atoms with E-state index in [1.807, 2.05) is 0 Å². The first kappa shape index (κ1) is 19.2. The van der Waals surface area contributed by atoms with E-state index in [0.29, 0.717) is 18.1 Å². The number of halogens is 1. The van der Waals surface area contributed by atoms with Crippen LogP contribution in [0.1, 0.15) is 33.6 Å². The Morgan fingerprint density at radius 1 is 1.41 bits per heavy atom. The lowest BCUT2D eigenvalue weighted by atomic mass is 9.56. The van der Waals surface area contributed by atoms with E-state index in [4.69, 9.17) is 9.84 Å². The number of nitrogens with one attached hydrogen (secondary N) is 1. The first-order chi connectivity index (χ1) is 9.87. The van der Waals surface area contributed by atoms with Crippen molar-refractivity contribution in [3.8, 4) is 0 Å². The van der Waals surface area contributed by atoms with Gasteiger partial charge in [0, 0.05) is 24.0 Å². The van der Waals surface area contributed by atoms with Crippen LogP contribution >= 0.6 is 12.4 Å². The van der Waals surface area contributed by atoms with Gasteiger partial charge in [-0.05, 0) is 19.4 Å². The molecule has 22 heavy (non-hydrogen) atoms. The van der Waals surface area contributed by atoms with Crippen LogP contribution in [0.4, 0.5) is 0 Å². The zero-order chi connectivity index (χ0) is 15.6. The summed E-state index contributed by atoms with van der Waals surface area (Å²) in [5.74, 6) is -0.735. The summed E-state index contributed by atoms with van der Waals surface area (Å²) in [5, 5.41) is 11.1. The summed E-state index contributed by atoms with van der Waals surface area (Å²) in [6.07, 6.45) is 2.32. The lowest BCUT2D eigenvalue weighted by Crippen LogP contribution is -2.67. The van der Waals surface area contributed by atoms with E-state index in [2.05, 4.69) is 31.0 Å². The largest absolute Gasteiger partial charge is 0.480 e. The lowest BCUT2D eigenvalue weighted by molar-refractivity contribution is -0.159. The van der Waals surface area contributed by atoms with E-state index >= 15 is 0 Å². The van der Waals surface area contributed by atoms with Gasteiger partial charge in [0.15, 0.2) is 0 Å². The van der Waals surface area contributed by atoms with Gasteiger partial charge in [0.05, 0.1) is 12.6 Å². The van der Waals surface area contributed by atoms with Crippen LogP contribution in [0, 0.1) is 11.3 Å². The number of amides is 1. The second-order valence-electron chi connectivity index (χ2n) is 6.65. The Morgan fingerprint density at radius 2 is 2.09 bits per heavy atom. The average molecular weight is 335 g/mol. The van der Waals surface area contributed by atoms with Gasteiger partial charge in [-0.15, -0.1) is 12.4 Å². The van der Waals surface area contributed by atoms with Gasteiger partial charge in [-0.25, -0.2) is 0 Å². The van der Waals surface area contributed by atoms with Gasteiger partial charge in [-0.2, -0.15) is 0 Å². The Morgan fingerprint density at radius 3 is 2.68 bits per heavy atom. The number of hydrogen-bond donors (Lipinski definition) is 2. The molecule has 2 N–H and O–H groups in total. The number of carbonyl (C=O) groups excluding carboxylic acids is 1. The maximum Gasteiger partial charge on any atom is 0.322 e. The number of carbonyl (C=O) groups is 2. The van der Waals surface area contributed by atoms with E-state index in [-0.39, 0.29) is 36.8 Å². The number of ether oxygens (including phenoxy) is 1. The monoisotopic (exact) mass is 334 g/mol. The van der Waals surface area contributed by atoms with Gasteiger partial charge in [0.1, 0.15) is 6.54 Å². The van der Waals surface area contributed by atoms with E-state index < -0.39 is 5.97 Å². The molecule has 0 bridgehead atoms. The number of carboxylic acids is 1. The molecule has 3 atom stereocenters. The van der Waals surface area contributed by atoms with Crippen molar-refractivity contribution in [3.05, 3.63) is 0 Å². The summed E-state index contributed by atoms with van der Waals surface area (Å²) >= 11 is 0. The molecule has 0 spiro atoms. The molecule has 1 amide bonds. The van der Waals surface area contributed by atoms with Gasteiger partial charge in [0.25, 0.3) is 0 Å². The second kappa shape index (κ2) is 7.62. The molecule has 0 aromatic rings. The van der Waals surface area contributed by atoms with Gasteiger partial charge in [-0.1, -0.05) is 20.8 Å². The summed E-state index contributed by atoms with van der Waals surface area (Å²) in [4.78, 5) is 24.7. The van der Waals surface area contributed by atoms with Crippen molar-refractivity contribution >= 4 is 24.3 Å². The molecule has 1 heterocycles.